The van der Waals surface area contributed by atoms with E-state index < -0.39 is 46.7 Å². The van der Waals surface area contributed by atoms with Gasteiger partial charge in [0, 0.05) is 23.5 Å². The maximum absolute atomic E-state index is 14.9. The van der Waals surface area contributed by atoms with Gasteiger partial charge in [0.2, 0.25) is 0 Å². The molecule has 192 valence electrons. The molecule has 37 heavy (non-hydrogen) atoms. The van der Waals surface area contributed by atoms with Crippen LogP contribution in [0.4, 0.5) is 26.3 Å². The van der Waals surface area contributed by atoms with Gasteiger partial charge in [-0.25, -0.2) is 26.3 Å². The van der Waals surface area contributed by atoms with Crippen molar-refractivity contribution in [1.82, 2.24) is 0 Å². The first-order chi connectivity index (χ1) is 17.6. The van der Waals surface area contributed by atoms with Crippen LogP contribution in [0.25, 0.3) is 0 Å². The third-order valence-corrected chi connectivity index (χ3v) is 6.67. The van der Waals surface area contributed by atoms with E-state index in [2.05, 4.69) is 0 Å². The van der Waals surface area contributed by atoms with Gasteiger partial charge in [-0.05, 0) is 83.5 Å². The summed E-state index contributed by atoms with van der Waals surface area (Å²) in [5.41, 5.74) is 1.76. The topological polar surface area (TPSA) is 0 Å². The van der Waals surface area contributed by atoms with Crippen LogP contribution < -0.4 is 0 Å². The molecular weight excluding hydrogens is 486 g/mol. The molecule has 0 aliphatic rings. The van der Waals surface area contributed by atoms with E-state index in [-0.39, 0.29) is 24.3 Å². The number of hydrogen-bond donors (Lipinski definition) is 0. The van der Waals surface area contributed by atoms with Crippen molar-refractivity contribution >= 4 is 0 Å². The van der Waals surface area contributed by atoms with Crippen LogP contribution >= 0.6 is 0 Å². The highest BCUT2D eigenvalue weighted by atomic mass is 19.2. The Kier molecular flexibility index (Phi) is 8.06. The van der Waals surface area contributed by atoms with E-state index in [0.29, 0.717) is 22.3 Å². The van der Waals surface area contributed by atoms with Crippen LogP contribution in [-0.4, -0.2) is 0 Å². The molecule has 0 saturated heterocycles. The lowest BCUT2D eigenvalue weighted by Crippen LogP contribution is -2.13. The highest BCUT2D eigenvalue weighted by molar-refractivity contribution is 5.39. The van der Waals surface area contributed by atoms with Gasteiger partial charge in [-0.15, -0.1) is 0 Å². The Balaban J connectivity index is 1.70. The minimum absolute atomic E-state index is 0.0746. The lowest BCUT2D eigenvalue weighted by Gasteiger charge is -2.24. The van der Waals surface area contributed by atoms with E-state index >= 15 is 0 Å². The van der Waals surface area contributed by atoms with Crippen molar-refractivity contribution in [2.24, 2.45) is 5.92 Å². The van der Waals surface area contributed by atoms with Crippen molar-refractivity contribution < 1.29 is 26.3 Å². The van der Waals surface area contributed by atoms with Crippen molar-refractivity contribution in [3.63, 3.8) is 0 Å². The summed E-state index contributed by atoms with van der Waals surface area (Å²) >= 11 is 0. The minimum Gasteiger partial charge on any atom is -0.207 e. The van der Waals surface area contributed by atoms with E-state index in [0.717, 1.165) is 6.07 Å². The molecule has 0 heterocycles. The average Bonchev–Trinajstić information content (AvgIpc) is 2.83. The van der Waals surface area contributed by atoms with Crippen LogP contribution in [0.5, 0.6) is 0 Å². The fraction of sp³-hybridized carbons (Fsp3) is 0.226. The predicted octanol–water partition coefficient (Wildman–Crippen LogP) is 9.07. The Morgan fingerprint density at radius 3 is 1.76 bits per heavy atom. The molecule has 0 aromatic heterocycles. The summed E-state index contributed by atoms with van der Waals surface area (Å²) in [5.74, 6) is -5.17. The Bertz CT molecular complexity index is 1340. The largest absolute Gasteiger partial charge is 0.207 e. The van der Waals surface area contributed by atoms with Gasteiger partial charge in [0.15, 0.2) is 0 Å². The predicted molar refractivity (Wildman–Crippen MR) is 132 cm³/mol. The molecule has 0 saturated carbocycles. The Morgan fingerprint density at radius 2 is 1.16 bits per heavy atom. The number of benzene rings is 4. The monoisotopic (exact) mass is 512 g/mol. The van der Waals surface area contributed by atoms with Gasteiger partial charge in [0.05, 0.1) is 0 Å². The van der Waals surface area contributed by atoms with Crippen molar-refractivity contribution in [2.45, 2.75) is 38.5 Å². The summed E-state index contributed by atoms with van der Waals surface area (Å²) in [7, 11) is 0. The number of aryl methyl sites for hydroxylation is 1. The third kappa shape index (κ3) is 6.07. The number of rotatable bonds is 8. The highest BCUT2D eigenvalue weighted by Crippen LogP contribution is 2.37. The molecule has 6 heteroatoms. The summed E-state index contributed by atoms with van der Waals surface area (Å²) in [5, 5.41) is 0. The standard InChI is InChI=1S/C31H26F6/c1-18(2)30(31-28(36)4-3-5-29(31)37)21-9-13-27(35)20(14-21)8-12-26(19-6-10-23(32)11-7-19)22-15-24(33)17-25(34)16-22/h3-7,9-11,13-18,26,30H,8,12H2,1-2H3. The van der Waals surface area contributed by atoms with Crippen LogP contribution in [0, 0.1) is 40.8 Å². The van der Waals surface area contributed by atoms with Crippen LogP contribution in [0.3, 0.4) is 0 Å². The average molecular weight is 513 g/mol. The fourth-order valence-corrected chi connectivity index (χ4v) is 4.97. The molecule has 0 N–H and O–H groups in total. The summed E-state index contributed by atoms with van der Waals surface area (Å²) in [6.45, 7) is 3.67. The molecule has 4 rings (SSSR count). The van der Waals surface area contributed by atoms with Crippen LogP contribution in [0.15, 0.2) is 78.9 Å². The summed E-state index contributed by atoms with van der Waals surface area (Å²) in [6, 6.07) is 16.9. The quantitative estimate of drug-likeness (QED) is 0.207. The third-order valence-electron chi connectivity index (χ3n) is 6.67. The number of hydrogen-bond acceptors (Lipinski definition) is 0. The minimum atomic E-state index is -0.748. The second-order valence-electron chi connectivity index (χ2n) is 9.55. The number of halogens is 6. The first kappa shape index (κ1) is 26.5. The van der Waals surface area contributed by atoms with Gasteiger partial charge in [0.1, 0.15) is 34.9 Å². The first-order valence-corrected chi connectivity index (χ1v) is 12.1. The Hall–Kier alpha value is -3.54. The molecule has 2 atom stereocenters. The van der Waals surface area contributed by atoms with E-state index in [1.165, 1.54) is 66.7 Å². The summed E-state index contributed by atoms with van der Waals surface area (Å²) in [4.78, 5) is 0. The van der Waals surface area contributed by atoms with E-state index in [1.54, 1.807) is 6.07 Å². The lowest BCUT2D eigenvalue weighted by atomic mass is 9.80. The molecule has 0 radical (unpaired) electrons. The fourth-order valence-electron chi connectivity index (χ4n) is 4.97. The first-order valence-electron chi connectivity index (χ1n) is 12.1. The molecule has 0 bridgehead atoms. The maximum atomic E-state index is 14.9. The van der Waals surface area contributed by atoms with Crippen LogP contribution in [0.2, 0.25) is 0 Å². The van der Waals surface area contributed by atoms with Gasteiger partial charge in [-0.3, -0.25) is 0 Å². The van der Waals surface area contributed by atoms with E-state index in [9.17, 15) is 26.3 Å². The molecule has 2 unspecified atom stereocenters. The van der Waals surface area contributed by atoms with Gasteiger partial charge in [-0.1, -0.05) is 44.2 Å². The van der Waals surface area contributed by atoms with Gasteiger partial charge in [0.25, 0.3) is 0 Å². The van der Waals surface area contributed by atoms with Gasteiger partial charge < -0.3 is 0 Å². The second-order valence-corrected chi connectivity index (χ2v) is 9.55. The lowest BCUT2D eigenvalue weighted by molar-refractivity contribution is 0.484. The molecule has 0 spiro atoms. The summed E-state index contributed by atoms with van der Waals surface area (Å²) in [6.07, 6.45) is 0.430. The van der Waals surface area contributed by atoms with Crippen molar-refractivity contribution in [3.05, 3.63) is 142 Å². The zero-order valence-corrected chi connectivity index (χ0v) is 20.4. The van der Waals surface area contributed by atoms with Gasteiger partial charge in [-0.2, -0.15) is 0 Å². The summed E-state index contributed by atoms with van der Waals surface area (Å²) < 4.78 is 85.8. The second kappa shape index (κ2) is 11.2. The highest BCUT2D eigenvalue weighted by Gasteiger charge is 2.26. The van der Waals surface area contributed by atoms with E-state index in [4.69, 9.17) is 0 Å². The molecule has 0 aliphatic carbocycles. The van der Waals surface area contributed by atoms with Crippen LogP contribution in [0.1, 0.15) is 59.9 Å². The molecule has 0 nitrogen and oxygen atoms in total. The molecule has 0 amide bonds. The smallest absolute Gasteiger partial charge is 0.129 e. The zero-order chi connectivity index (χ0) is 26.7. The van der Waals surface area contributed by atoms with Crippen molar-refractivity contribution in [2.75, 3.05) is 0 Å². The van der Waals surface area contributed by atoms with Crippen LogP contribution in [-0.2, 0) is 6.42 Å². The SMILES string of the molecule is CC(C)C(c1ccc(F)c(CCC(c2ccc(F)cc2)c2cc(F)cc(F)c2)c1)c1c(F)cccc1F. The Morgan fingerprint density at radius 1 is 0.568 bits per heavy atom. The molecule has 0 aliphatic heterocycles. The zero-order valence-electron chi connectivity index (χ0n) is 20.4. The molecule has 4 aromatic carbocycles. The van der Waals surface area contributed by atoms with Crippen molar-refractivity contribution in [3.8, 4) is 0 Å². The maximum Gasteiger partial charge on any atom is 0.129 e. The molecule has 0 fully saturated rings. The van der Waals surface area contributed by atoms with Crippen molar-refractivity contribution in [1.29, 1.82) is 0 Å². The Labute approximate surface area is 212 Å². The van der Waals surface area contributed by atoms with Gasteiger partial charge >= 0.3 is 0 Å². The normalized spacial score (nSPS) is 13.1. The molecular formula is C31H26F6. The molecule has 4 aromatic rings. The van der Waals surface area contributed by atoms with E-state index in [1.807, 2.05) is 13.8 Å².